The van der Waals surface area contributed by atoms with E-state index in [4.69, 9.17) is 24.5 Å². The molecule has 0 aromatic carbocycles. The highest BCUT2D eigenvalue weighted by Gasteiger charge is 2.22. The predicted molar refractivity (Wildman–Crippen MR) is 86.7 cm³/mol. The molecule has 0 saturated heterocycles. The van der Waals surface area contributed by atoms with Gasteiger partial charge in [0.05, 0.1) is 0 Å². The third-order valence-electron chi connectivity index (χ3n) is 3.56. The highest BCUT2D eigenvalue weighted by Crippen LogP contribution is 2.22. The highest BCUT2D eigenvalue weighted by atomic mass is 16.7. The SMILES string of the molecule is CCC(=O)OC(OC(=O)NCC1CCCCC1)C(C)C.O=C(O)O. The summed E-state index contributed by atoms with van der Waals surface area (Å²) >= 11 is 0. The van der Waals surface area contributed by atoms with E-state index in [0.717, 1.165) is 0 Å². The molecule has 1 amide bonds. The average molecular weight is 347 g/mol. The molecule has 3 N–H and O–H groups in total. The van der Waals surface area contributed by atoms with Gasteiger partial charge in [-0.25, -0.2) is 9.59 Å². The summed E-state index contributed by atoms with van der Waals surface area (Å²) in [7, 11) is 0. The van der Waals surface area contributed by atoms with E-state index in [2.05, 4.69) is 5.32 Å². The minimum Gasteiger partial charge on any atom is -0.450 e. The number of amides is 1. The van der Waals surface area contributed by atoms with Crippen molar-refractivity contribution in [1.82, 2.24) is 5.32 Å². The largest absolute Gasteiger partial charge is 0.503 e. The molecule has 24 heavy (non-hydrogen) atoms. The van der Waals surface area contributed by atoms with Crippen LogP contribution in [0.3, 0.4) is 0 Å². The summed E-state index contributed by atoms with van der Waals surface area (Å²) in [5.74, 6) is 0.127. The number of rotatable bonds is 6. The van der Waals surface area contributed by atoms with E-state index in [-0.39, 0.29) is 18.3 Å². The zero-order chi connectivity index (χ0) is 18.5. The van der Waals surface area contributed by atoms with Gasteiger partial charge in [0.2, 0.25) is 0 Å². The Hall–Kier alpha value is -1.99. The molecule has 0 aromatic rings. The fourth-order valence-electron chi connectivity index (χ4n) is 2.28. The first kappa shape index (κ1) is 22.0. The maximum Gasteiger partial charge on any atom is 0.503 e. The second kappa shape index (κ2) is 12.4. The zero-order valence-electron chi connectivity index (χ0n) is 14.6. The molecule has 1 atom stereocenters. The molecule has 1 saturated carbocycles. The van der Waals surface area contributed by atoms with Gasteiger partial charge in [-0.15, -0.1) is 0 Å². The molecule has 0 radical (unpaired) electrons. The normalized spacial score (nSPS) is 15.7. The fourth-order valence-corrected chi connectivity index (χ4v) is 2.28. The molecule has 0 aliphatic heterocycles. The number of hydrogen-bond acceptors (Lipinski definition) is 5. The van der Waals surface area contributed by atoms with Crippen LogP contribution in [0.5, 0.6) is 0 Å². The highest BCUT2D eigenvalue weighted by molar-refractivity contribution is 5.70. The number of ether oxygens (including phenoxy) is 2. The maximum atomic E-state index is 11.7. The average Bonchev–Trinajstić information content (AvgIpc) is 2.52. The van der Waals surface area contributed by atoms with Gasteiger partial charge < -0.3 is 25.0 Å². The second-order valence-corrected chi connectivity index (χ2v) is 6.03. The Morgan fingerprint density at radius 1 is 1.08 bits per heavy atom. The minimum atomic E-state index is -1.83. The number of esters is 1. The Kier molecular flexibility index (Phi) is 11.4. The van der Waals surface area contributed by atoms with Crippen molar-refractivity contribution < 1.29 is 34.1 Å². The monoisotopic (exact) mass is 347 g/mol. The number of carbonyl (C=O) groups excluding carboxylic acids is 2. The molecule has 1 fully saturated rings. The number of nitrogens with one attached hydrogen (secondary N) is 1. The minimum absolute atomic E-state index is 0.0640. The van der Waals surface area contributed by atoms with Crippen LogP contribution in [0, 0.1) is 11.8 Å². The summed E-state index contributed by atoms with van der Waals surface area (Å²) in [5, 5.41) is 16.7. The lowest BCUT2D eigenvalue weighted by molar-refractivity contribution is -0.174. The third-order valence-corrected chi connectivity index (χ3v) is 3.56. The van der Waals surface area contributed by atoms with E-state index < -0.39 is 18.5 Å². The summed E-state index contributed by atoms with van der Waals surface area (Å²) in [6.07, 6.45) is 3.23. The molecule has 8 heteroatoms. The van der Waals surface area contributed by atoms with E-state index in [1.807, 2.05) is 13.8 Å². The number of carbonyl (C=O) groups is 3. The Morgan fingerprint density at radius 2 is 1.62 bits per heavy atom. The van der Waals surface area contributed by atoms with Crippen LogP contribution in [0.15, 0.2) is 0 Å². The molecule has 1 unspecified atom stereocenters. The summed E-state index contributed by atoms with van der Waals surface area (Å²) in [6.45, 7) is 6.05. The fraction of sp³-hybridized carbons (Fsp3) is 0.812. The van der Waals surface area contributed by atoms with Crippen LogP contribution >= 0.6 is 0 Å². The van der Waals surface area contributed by atoms with Crippen molar-refractivity contribution in [1.29, 1.82) is 0 Å². The van der Waals surface area contributed by atoms with Crippen LogP contribution < -0.4 is 5.32 Å². The lowest BCUT2D eigenvalue weighted by atomic mass is 9.89. The van der Waals surface area contributed by atoms with Gasteiger partial charge in [0.1, 0.15) is 0 Å². The summed E-state index contributed by atoms with van der Waals surface area (Å²) in [5.41, 5.74) is 0. The first-order valence-electron chi connectivity index (χ1n) is 8.32. The summed E-state index contributed by atoms with van der Waals surface area (Å²) < 4.78 is 10.3. The van der Waals surface area contributed by atoms with Crippen LogP contribution in [-0.2, 0) is 14.3 Å². The zero-order valence-corrected chi connectivity index (χ0v) is 14.6. The first-order chi connectivity index (χ1) is 11.3. The molecule has 0 aromatic heterocycles. The molecule has 1 rings (SSSR count). The van der Waals surface area contributed by atoms with E-state index in [1.165, 1.54) is 32.1 Å². The van der Waals surface area contributed by atoms with Crippen LogP contribution in [0.4, 0.5) is 9.59 Å². The van der Waals surface area contributed by atoms with Gasteiger partial charge in [0.15, 0.2) is 0 Å². The molecular formula is C16H29NO7. The molecular weight excluding hydrogens is 318 g/mol. The first-order valence-corrected chi connectivity index (χ1v) is 8.32. The van der Waals surface area contributed by atoms with Gasteiger partial charge >= 0.3 is 18.2 Å². The molecule has 0 heterocycles. The Bertz CT molecular complexity index is 388. The molecule has 1 aliphatic carbocycles. The van der Waals surface area contributed by atoms with Gasteiger partial charge in [0.25, 0.3) is 6.29 Å². The van der Waals surface area contributed by atoms with Crippen molar-refractivity contribution in [3.05, 3.63) is 0 Å². The van der Waals surface area contributed by atoms with Crippen LogP contribution in [-0.4, -0.2) is 41.3 Å². The van der Waals surface area contributed by atoms with Crippen LogP contribution in [0.2, 0.25) is 0 Å². The van der Waals surface area contributed by atoms with Crippen molar-refractivity contribution in [3.8, 4) is 0 Å². The van der Waals surface area contributed by atoms with Gasteiger partial charge in [-0.3, -0.25) is 4.79 Å². The van der Waals surface area contributed by atoms with Crippen LogP contribution in [0.1, 0.15) is 59.3 Å². The molecule has 1 aliphatic rings. The van der Waals surface area contributed by atoms with E-state index in [1.54, 1.807) is 6.92 Å². The number of carboxylic acid groups (broad SMARTS) is 2. The lowest BCUT2D eigenvalue weighted by Crippen LogP contribution is -2.36. The van der Waals surface area contributed by atoms with E-state index in [9.17, 15) is 9.59 Å². The standard InChI is InChI=1S/C15H27NO4.CH2O3/c1-4-13(17)19-14(11(2)3)20-15(18)16-10-12-8-6-5-7-9-12;2-1(3)4/h11-12,14H,4-10H2,1-3H3,(H,16,18);(H2,2,3,4). The van der Waals surface area contributed by atoms with E-state index in [0.29, 0.717) is 12.5 Å². The molecule has 8 nitrogen and oxygen atoms in total. The smallest absolute Gasteiger partial charge is 0.450 e. The number of hydrogen-bond donors (Lipinski definition) is 3. The van der Waals surface area contributed by atoms with Crippen LogP contribution in [0.25, 0.3) is 0 Å². The summed E-state index contributed by atoms with van der Waals surface area (Å²) in [6, 6.07) is 0. The molecule has 0 spiro atoms. The Balaban J connectivity index is 0.00000118. The van der Waals surface area contributed by atoms with Crippen molar-refractivity contribution in [2.24, 2.45) is 11.8 Å². The predicted octanol–water partition coefficient (Wildman–Crippen LogP) is 3.45. The quantitative estimate of drug-likeness (QED) is 0.497. The lowest BCUT2D eigenvalue weighted by Gasteiger charge is -2.24. The second-order valence-electron chi connectivity index (χ2n) is 6.03. The van der Waals surface area contributed by atoms with Gasteiger partial charge in [-0.2, -0.15) is 0 Å². The van der Waals surface area contributed by atoms with Gasteiger partial charge in [0, 0.05) is 18.9 Å². The van der Waals surface area contributed by atoms with Crippen molar-refractivity contribution >= 4 is 18.2 Å². The number of alkyl carbamates (subject to hydrolysis) is 1. The molecule has 140 valence electrons. The van der Waals surface area contributed by atoms with Crippen molar-refractivity contribution in [2.75, 3.05) is 6.54 Å². The molecule has 0 bridgehead atoms. The maximum absolute atomic E-state index is 11.7. The Labute approximate surface area is 142 Å². The van der Waals surface area contributed by atoms with Gasteiger partial charge in [-0.1, -0.05) is 40.0 Å². The van der Waals surface area contributed by atoms with Gasteiger partial charge in [-0.05, 0) is 18.8 Å². The van der Waals surface area contributed by atoms with Crippen molar-refractivity contribution in [2.45, 2.75) is 65.6 Å². The summed E-state index contributed by atoms with van der Waals surface area (Å²) in [4.78, 5) is 31.6. The van der Waals surface area contributed by atoms with E-state index >= 15 is 0 Å². The third kappa shape index (κ3) is 11.6. The topological polar surface area (TPSA) is 122 Å². The van der Waals surface area contributed by atoms with Crippen molar-refractivity contribution in [3.63, 3.8) is 0 Å². The Morgan fingerprint density at radius 3 is 2.08 bits per heavy atom.